The number of rotatable bonds is 5. The van der Waals surface area contributed by atoms with Crippen LogP contribution in [-0.2, 0) is 14.9 Å². The van der Waals surface area contributed by atoms with Crippen molar-refractivity contribution in [1.82, 2.24) is 9.37 Å². The molecule has 158 valence electrons. The molecular formula is C22H36N2O3S. The Morgan fingerprint density at radius 2 is 1.61 bits per heavy atom. The van der Waals surface area contributed by atoms with Crippen LogP contribution < -0.4 is 0 Å². The molecule has 2 fully saturated rings. The molecule has 2 aliphatic rings. The lowest BCUT2D eigenvalue weighted by Crippen LogP contribution is -2.59. The first-order valence-electron chi connectivity index (χ1n) is 10.5. The standard InChI is InChI=1S/C22H36N2O3S/c1-17-8-12-20(13-9-17)28(25,26)23-18(2)10-11-19(23)16-27-24-21(3,4)14-7-15-22(24,5)6/h8-9,12-13,18-19H,7,10-11,14-16H2,1-6H3/t18-,19+/m0/s1. The molecule has 2 saturated heterocycles. The van der Waals surface area contributed by atoms with E-state index in [0.717, 1.165) is 31.2 Å². The van der Waals surface area contributed by atoms with Crippen LogP contribution in [0.5, 0.6) is 0 Å². The Morgan fingerprint density at radius 3 is 2.18 bits per heavy atom. The van der Waals surface area contributed by atoms with Crippen LogP contribution in [0.1, 0.15) is 72.3 Å². The number of hydroxylamine groups is 2. The van der Waals surface area contributed by atoms with Gasteiger partial charge in [0.05, 0.1) is 17.5 Å². The largest absolute Gasteiger partial charge is 0.296 e. The van der Waals surface area contributed by atoms with Crippen LogP contribution in [0.3, 0.4) is 0 Å². The number of hydrogen-bond donors (Lipinski definition) is 0. The summed E-state index contributed by atoms with van der Waals surface area (Å²) < 4.78 is 28.3. The minimum Gasteiger partial charge on any atom is -0.296 e. The molecule has 5 nitrogen and oxygen atoms in total. The van der Waals surface area contributed by atoms with E-state index < -0.39 is 10.0 Å². The van der Waals surface area contributed by atoms with Gasteiger partial charge in [-0.3, -0.25) is 4.84 Å². The zero-order chi connectivity index (χ0) is 20.7. The summed E-state index contributed by atoms with van der Waals surface area (Å²) in [4.78, 5) is 6.72. The molecule has 0 bridgehead atoms. The Bertz CT molecular complexity index is 771. The average molecular weight is 409 g/mol. The normalized spacial score (nSPS) is 28.5. The van der Waals surface area contributed by atoms with E-state index in [2.05, 4.69) is 32.8 Å². The van der Waals surface area contributed by atoms with Gasteiger partial charge in [0.1, 0.15) is 0 Å². The molecule has 3 rings (SSSR count). The molecule has 0 saturated carbocycles. The van der Waals surface area contributed by atoms with E-state index in [-0.39, 0.29) is 23.2 Å². The van der Waals surface area contributed by atoms with Crippen molar-refractivity contribution in [1.29, 1.82) is 0 Å². The van der Waals surface area contributed by atoms with Gasteiger partial charge >= 0.3 is 0 Å². The maximum absolute atomic E-state index is 13.3. The Morgan fingerprint density at radius 1 is 1.04 bits per heavy atom. The van der Waals surface area contributed by atoms with Gasteiger partial charge in [-0.25, -0.2) is 8.42 Å². The van der Waals surface area contributed by atoms with Crippen molar-refractivity contribution in [3.05, 3.63) is 29.8 Å². The van der Waals surface area contributed by atoms with E-state index in [9.17, 15) is 8.42 Å². The zero-order valence-electron chi connectivity index (χ0n) is 18.2. The zero-order valence-corrected chi connectivity index (χ0v) is 19.1. The van der Waals surface area contributed by atoms with Crippen molar-refractivity contribution >= 4 is 10.0 Å². The molecule has 2 heterocycles. The predicted molar refractivity (Wildman–Crippen MR) is 112 cm³/mol. The summed E-state index contributed by atoms with van der Waals surface area (Å²) in [7, 11) is -3.53. The monoisotopic (exact) mass is 408 g/mol. The van der Waals surface area contributed by atoms with Crippen LogP contribution in [0.4, 0.5) is 0 Å². The maximum atomic E-state index is 13.3. The smallest absolute Gasteiger partial charge is 0.243 e. The van der Waals surface area contributed by atoms with Gasteiger partial charge in [-0.05, 0) is 85.8 Å². The number of hydrogen-bond acceptors (Lipinski definition) is 4. The van der Waals surface area contributed by atoms with Crippen LogP contribution in [0.25, 0.3) is 0 Å². The van der Waals surface area contributed by atoms with Crippen LogP contribution >= 0.6 is 0 Å². The van der Waals surface area contributed by atoms with Gasteiger partial charge in [-0.2, -0.15) is 9.37 Å². The van der Waals surface area contributed by atoms with Crippen molar-refractivity contribution in [3.8, 4) is 0 Å². The van der Waals surface area contributed by atoms with Gasteiger partial charge in [-0.15, -0.1) is 0 Å². The Hall–Kier alpha value is -0.950. The lowest BCUT2D eigenvalue weighted by atomic mass is 9.82. The molecule has 1 aromatic carbocycles. The number of aryl methyl sites for hydroxylation is 1. The fourth-order valence-corrected chi connectivity index (χ4v) is 6.82. The van der Waals surface area contributed by atoms with Crippen molar-refractivity contribution in [2.45, 2.75) is 102 Å². The van der Waals surface area contributed by atoms with Crippen LogP contribution in [-0.4, -0.2) is 47.6 Å². The quantitative estimate of drug-likeness (QED) is 0.719. The molecule has 0 radical (unpaired) electrons. The number of nitrogens with zero attached hydrogens (tertiary/aromatic N) is 2. The highest BCUT2D eigenvalue weighted by Crippen LogP contribution is 2.39. The number of sulfonamides is 1. The fraction of sp³-hybridized carbons (Fsp3) is 0.727. The number of benzene rings is 1. The van der Waals surface area contributed by atoms with Gasteiger partial charge in [0.15, 0.2) is 0 Å². The molecule has 0 aliphatic carbocycles. The SMILES string of the molecule is Cc1ccc(S(=O)(=O)N2[C@@H](CON3C(C)(C)CCCC3(C)C)CC[C@@H]2C)cc1. The first-order valence-corrected chi connectivity index (χ1v) is 11.9. The highest BCUT2D eigenvalue weighted by molar-refractivity contribution is 7.89. The summed E-state index contributed by atoms with van der Waals surface area (Å²) in [5.41, 5.74) is 0.960. The van der Waals surface area contributed by atoms with E-state index >= 15 is 0 Å². The molecule has 0 amide bonds. The predicted octanol–water partition coefficient (Wildman–Crippen LogP) is 4.51. The van der Waals surface area contributed by atoms with Crippen molar-refractivity contribution < 1.29 is 13.3 Å². The molecule has 2 aliphatic heterocycles. The summed E-state index contributed by atoms with van der Waals surface area (Å²) in [5, 5.41) is 2.13. The molecule has 0 spiro atoms. The second kappa shape index (κ2) is 7.71. The van der Waals surface area contributed by atoms with Gasteiger partial charge in [0.2, 0.25) is 10.0 Å². The minimum atomic E-state index is -3.53. The molecule has 1 aromatic rings. The number of piperidine rings is 1. The summed E-state index contributed by atoms with van der Waals surface area (Å²) in [5.74, 6) is 0. The third kappa shape index (κ3) is 4.16. The van der Waals surface area contributed by atoms with E-state index in [4.69, 9.17) is 4.84 Å². The molecule has 2 atom stereocenters. The molecule has 0 N–H and O–H groups in total. The summed E-state index contributed by atoms with van der Waals surface area (Å²) >= 11 is 0. The van der Waals surface area contributed by atoms with E-state index in [0.29, 0.717) is 11.5 Å². The third-order valence-electron chi connectivity index (χ3n) is 6.38. The Labute approximate surface area is 171 Å². The Balaban J connectivity index is 1.79. The Kier molecular flexibility index (Phi) is 5.99. The van der Waals surface area contributed by atoms with Gasteiger partial charge in [0.25, 0.3) is 0 Å². The average Bonchev–Trinajstić information content (AvgIpc) is 2.95. The van der Waals surface area contributed by atoms with Crippen LogP contribution in [0.15, 0.2) is 29.2 Å². The van der Waals surface area contributed by atoms with Crippen molar-refractivity contribution in [3.63, 3.8) is 0 Å². The lowest BCUT2D eigenvalue weighted by molar-refractivity contribution is -0.284. The minimum absolute atomic E-state index is 0.0118. The maximum Gasteiger partial charge on any atom is 0.243 e. The van der Waals surface area contributed by atoms with Gasteiger partial charge in [0, 0.05) is 17.1 Å². The second-order valence-corrected chi connectivity index (χ2v) is 11.6. The first kappa shape index (κ1) is 21.8. The highest BCUT2D eigenvalue weighted by Gasteiger charge is 2.45. The van der Waals surface area contributed by atoms with Crippen LogP contribution in [0.2, 0.25) is 0 Å². The molecule has 28 heavy (non-hydrogen) atoms. The summed E-state index contributed by atoms with van der Waals surface area (Å²) in [6.45, 7) is 13.2. The van der Waals surface area contributed by atoms with Gasteiger partial charge < -0.3 is 0 Å². The van der Waals surface area contributed by atoms with Crippen molar-refractivity contribution in [2.24, 2.45) is 0 Å². The lowest BCUT2D eigenvalue weighted by Gasteiger charge is -2.51. The van der Waals surface area contributed by atoms with E-state index in [1.165, 1.54) is 6.42 Å². The topological polar surface area (TPSA) is 49.9 Å². The molecule has 6 heteroatoms. The molecule has 0 aromatic heterocycles. The third-order valence-corrected chi connectivity index (χ3v) is 8.46. The highest BCUT2D eigenvalue weighted by atomic mass is 32.2. The molecule has 0 unspecified atom stereocenters. The summed E-state index contributed by atoms with van der Waals surface area (Å²) in [6, 6.07) is 7.00. The molecular weight excluding hydrogens is 372 g/mol. The van der Waals surface area contributed by atoms with E-state index in [1.54, 1.807) is 16.4 Å². The van der Waals surface area contributed by atoms with E-state index in [1.807, 2.05) is 26.0 Å². The fourth-order valence-electron chi connectivity index (χ4n) is 4.96. The van der Waals surface area contributed by atoms with Crippen molar-refractivity contribution in [2.75, 3.05) is 6.61 Å². The first-order chi connectivity index (χ1) is 12.9. The summed E-state index contributed by atoms with van der Waals surface area (Å²) in [6.07, 6.45) is 5.06. The van der Waals surface area contributed by atoms with Crippen LogP contribution in [0, 0.1) is 6.92 Å². The van der Waals surface area contributed by atoms with Gasteiger partial charge in [-0.1, -0.05) is 17.7 Å². The second-order valence-electron chi connectivity index (χ2n) is 9.80.